The third-order valence-corrected chi connectivity index (χ3v) is 2.56. The lowest BCUT2D eigenvalue weighted by molar-refractivity contribution is -0.00000305. The molecule has 0 amide bonds. The molecule has 88 valence electrons. The SMILES string of the molecule is CCCCCCCCCCCCN.[Cl-]. The second-order valence-electron chi connectivity index (χ2n) is 3.97. The minimum absolute atomic E-state index is 0. The highest BCUT2D eigenvalue weighted by atomic mass is 35.5. The van der Waals surface area contributed by atoms with E-state index in [-0.39, 0.29) is 12.4 Å². The van der Waals surface area contributed by atoms with Gasteiger partial charge in [0.1, 0.15) is 0 Å². The molecule has 2 heteroatoms. The predicted molar refractivity (Wildman–Crippen MR) is 60.9 cm³/mol. The van der Waals surface area contributed by atoms with Crippen LogP contribution in [0.1, 0.15) is 71.1 Å². The number of rotatable bonds is 10. The quantitative estimate of drug-likeness (QED) is 0.544. The Balaban J connectivity index is 0. The molecule has 0 saturated carbocycles. The van der Waals surface area contributed by atoms with Gasteiger partial charge in [-0.15, -0.1) is 0 Å². The van der Waals surface area contributed by atoms with E-state index in [0.29, 0.717) is 0 Å². The van der Waals surface area contributed by atoms with Gasteiger partial charge >= 0.3 is 0 Å². The van der Waals surface area contributed by atoms with Gasteiger partial charge in [-0.3, -0.25) is 0 Å². The molecular weight excluding hydrogens is 194 g/mol. The summed E-state index contributed by atoms with van der Waals surface area (Å²) < 4.78 is 0. The number of hydrogen-bond donors (Lipinski definition) is 1. The molecule has 0 bridgehead atoms. The van der Waals surface area contributed by atoms with Crippen molar-refractivity contribution < 1.29 is 12.4 Å². The van der Waals surface area contributed by atoms with Gasteiger partial charge in [0.15, 0.2) is 0 Å². The van der Waals surface area contributed by atoms with Gasteiger partial charge in [0.25, 0.3) is 0 Å². The van der Waals surface area contributed by atoms with E-state index in [9.17, 15) is 0 Å². The summed E-state index contributed by atoms with van der Waals surface area (Å²) in [6.07, 6.45) is 13.9. The molecule has 0 aromatic heterocycles. The fourth-order valence-corrected chi connectivity index (χ4v) is 1.63. The molecule has 0 atom stereocenters. The summed E-state index contributed by atoms with van der Waals surface area (Å²) in [6.45, 7) is 3.14. The Bertz CT molecular complexity index is 76.4. The molecular formula is C12H27ClN-. The fraction of sp³-hybridized carbons (Fsp3) is 1.00. The largest absolute Gasteiger partial charge is 1.00 e. The van der Waals surface area contributed by atoms with E-state index >= 15 is 0 Å². The molecule has 14 heavy (non-hydrogen) atoms. The summed E-state index contributed by atoms with van der Waals surface area (Å²) in [4.78, 5) is 0. The highest BCUT2D eigenvalue weighted by Gasteiger charge is 1.90. The van der Waals surface area contributed by atoms with Gasteiger partial charge in [-0.25, -0.2) is 0 Å². The lowest BCUT2D eigenvalue weighted by Gasteiger charge is -2.00. The highest BCUT2D eigenvalue weighted by Crippen LogP contribution is 2.09. The van der Waals surface area contributed by atoms with Gasteiger partial charge in [0, 0.05) is 0 Å². The third kappa shape index (κ3) is 14.8. The van der Waals surface area contributed by atoms with Gasteiger partial charge in [0.05, 0.1) is 0 Å². The second-order valence-corrected chi connectivity index (χ2v) is 3.97. The first kappa shape index (κ1) is 16.7. The minimum atomic E-state index is 0. The number of unbranched alkanes of at least 4 members (excludes halogenated alkanes) is 9. The Morgan fingerprint density at radius 1 is 0.643 bits per heavy atom. The van der Waals surface area contributed by atoms with Crippen molar-refractivity contribution >= 4 is 0 Å². The Labute approximate surface area is 96.2 Å². The first-order valence-electron chi connectivity index (χ1n) is 6.12. The van der Waals surface area contributed by atoms with Crippen LogP contribution in [0, 0.1) is 0 Å². The molecule has 0 unspecified atom stereocenters. The molecule has 0 fully saturated rings. The van der Waals surface area contributed by atoms with Crippen LogP contribution in [0.3, 0.4) is 0 Å². The smallest absolute Gasteiger partial charge is 0.00773 e. The van der Waals surface area contributed by atoms with Crippen LogP contribution in [0.4, 0.5) is 0 Å². The van der Waals surface area contributed by atoms with Crippen LogP contribution in [0.5, 0.6) is 0 Å². The summed E-state index contributed by atoms with van der Waals surface area (Å²) in [5.74, 6) is 0. The Morgan fingerprint density at radius 2 is 1.00 bits per heavy atom. The summed E-state index contributed by atoms with van der Waals surface area (Å²) in [5.41, 5.74) is 5.42. The average Bonchev–Trinajstić information content (AvgIpc) is 2.16. The zero-order valence-electron chi connectivity index (χ0n) is 9.73. The molecule has 0 rings (SSSR count). The molecule has 2 N–H and O–H groups in total. The second kappa shape index (κ2) is 15.7. The van der Waals surface area contributed by atoms with Crippen molar-refractivity contribution in [2.75, 3.05) is 6.54 Å². The summed E-state index contributed by atoms with van der Waals surface area (Å²) in [5, 5.41) is 0. The molecule has 0 aliphatic carbocycles. The van der Waals surface area contributed by atoms with Crippen LogP contribution >= 0.6 is 0 Å². The zero-order valence-corrected chi connectivity index (χ0v) is 10.5. The van der Waals surface area contributed by atoms with Gasteiger partial charge < -0.3 is 18.1 Å². The van der Waals surface area contributed by atoms with Gasteiger partial charge in [-0.1, -0.05) is 64.7 Å². The maximum atomic E-state index is 5.42. The lowest BCUT2D eigenvalue weighted by Crippen LogP contribution is -3.00. The summed E-state index contributed by atoms with van der Waals surface area (Å²) >= 11 is 0. The van der Waals surface area contributed by atoms with E-state index in [2.05, 4.69) is 6.92 Å². The molecule has 0 spiro atoms. The Kier molecular flexibility index (Phi) is 18.7. The summed E-state index contributed by atoms with van der Waals surface area (Å²) in [6, 6.07) is 0. The maximum absolute atomic E-state index is 5.42. The van der Waals surface area contributed by atoms with Crippen molar-refractivity contribution in [3.63, 3.8) is 0 Å². The van der Waals surface area contributed by atoms with Crippen molar-refractivity contribution in [1.82, 2.24) is 0 Å². The number of hydrogen-bond acceptors (Lipinski definition) is 1. The van der Waals surface area contributed by atoms with Gasteiger partial charge in [0.2, 0.25) is 0 Å². The summed E-state index contributed by atoms with van der Waals surface area (Å²) in [7, 11) is 0. The van der Waals surface area contributed by atoms with Crippen molar-refractivity contribution in [2.45, 2.75) is 71.1 Å². The molecule has 0 aromatic carbocycles. The van der Waals surface area contributed by atoms with Crippen LogP contribution < -0.4 is 18.1 Å². The topological polar surface area (TPSA) is 26.0 Å². The van der Waals surface area contributed by atoms with Crippen LogP contribution in [0.15, 0.2) is 0 Å². The zero-order chi connectivity index (χ0) is 9.78. The Hall–Kier alpha value is 0.250. The van der Waals surface area contributed by atoms with Crippen molar-refractivity contribution in [3.8, 4) is 0 Å². The third-order valence-electron chi connectivity index (χ3n) is 2.56. The average molecular weight is 221 g/mol. The van der Waals surface area contributed by atoms with E-state index in [1.807, 2.05) is 0 Å². The van der Waals surface area contributed by atoms with Crippen LogP contribution in [0.25, 0.3) is 0 Å². The monoisotopic (exact) mass is 220 g/mol. The van der Waals surface area contributed by atoms with Crippen LogP contribution in [-0.4, -0.2) is 6.54 Å². The fourth-order valence-electron chi connectivity index (χ4n) is 1.63. The molecule has 0 aliphatic rings. The first-order valence-corrected chi connectivity index (χ1v) is 6.12. The van der Waals surface area contributed by atoms with Gasteiger partial charge in [-0.05, 0) is 13.0 Å². The molecule has 1 nitrogen and oxygen atoms in total. The lowest BCUT2D eigenvalue weighted by atomic mass is 10.1. The normalized spacial score (nSPS) is 9.86. The van der Waals surface area contributed by atoms with Crippen molar-refractivity contribution in [3.05, 3.63) is 0 Å². The maximum Gasteiger partial charge on any atom is -0.00773 e. The van der Waals surface area contributed by atoms with Crippen LogP contribution in [-0.2, 0) is 0 Å². The molecule has 0 radical (unpaired) electrons. The van der Waals surface area contributed by atoms with Crippen LogP contribution in [0.2, 0.25) is 0 Å². The van der Waals surface area contributed by atoms with E-state index in [1.165, 1.54) is 64.2 Å². The standard InChI is InChI=1S/C12H27N.ClH/c1-2-3-4-5-6-7-8-9-10-11-12-13;/h2-13H2,1H3;1H/p-1. The first-order chi connectivity index (χ1) is 6.41. The van der Waals surface area contributed by atoms with E-state index in [0.717, 1.165) is 6.54 Å². The van der Waals surface area contributed by atoms with Gasteiger partial charge in [-0.2, -0.15) is 0 Å². The Morgan fingerprint density at radius 3 is 1.36 bits per heavy atom. The minimum Gasteiger partial charge on any atom is -1.00 e. The van der Waals surface area contributed by atoms with E-state index in [1.54, 1.807) is 0 Å². The predicted octanol–water partition coefficient (Wildman–Crippen LogP) is 0.870. The van der Waals surface area contributed by atoms with Crippen molar-refractivity contribution in [1.29, 1.82) is 0 Å². The van der Waals surface area contributed by atoms with Crippen molar-refractivity contribution in [2.24, 2.45) is 5.73 Å². The van der Waals surface area contributed by atoms with E-state index in [4.69, 9.17) is 5.73 Å². The molecule has 0 aliphatic heterocycles. The molecule has 0 aromatic rings. The molecule has 0 saturated heterocycles. The molecule has 0 heterocycles. The number of halogens is 1. The number of nitrogens with two attached hydrogens (primary N) is 1. The highest BCUT2D eigenvalue weighted by molar-refractivity contribution is 4.47. The van der Waals surface area contributed by atoms with E-state index < -0.39 is 0 Å².